The molecule has 15 heavy (non-hydrogen) atoms. The third kappa shape index (κ3) is 1.62. The number of anilines is 2. The van der Waals surface area contributed by atoms with Crippen LogP contribution in [-0.2, 0) is 0 Å². The Balaban J connectivity index is 2.53. The fraction of sp³-hybridized carbons (Fsp3) is 0.286. The van der Waals surface area contributed by atoms with Crippen LogP contribution in [0, 0.1) is 0 Å². The molecule has 80 valence electrons. The maximum absolute atomic E-state index is 11.4. The van der Waals surface area contributed by atoms with Crippen LogP contribution >= 0.6 is 0 Å². The summed E-state index contributed by atoms with van der Waals surface area (Å²) in [5.74, 6) is 0.0625. The maximum atomic E-state index is 11.4. The van der Waals surface area contributed by atoms with E-state index in [1.165, 1.54) is 6.20 Å². The first-order valence-corrected chi connectivity index (χ1v) is 4.44. The second-order valence-electron chi connectivity index (χ2n) is 2.88. The van der Waals surface area contributed by atoms with Crippen LogP contribution in [0.3, 0.4) is 0 Å². The molecular weight excluding hydrogens is 198 g/mol. The Kier molecular flexibility index (Phi) is 2.26. The van der Waals surface area contributed by atoms with E-state index >= 15 is 0 Å². The van der Waals surface area contributed by atoms with Crippen LogP contribution in [0.1, 0.15) is 6.92 Å². The van der Waals surface area contributed by atoms with Crippen molar-refractivity contribution in [2.24, 2.45) is 0 Å². The van der Waals surface area contributed by atoms with Crippen LogP contribution in [0.5, 0.6) is 0 Å². The summed E-state index contributed by atoms with van der Waals surface area (Å²) in [7, 11) is 0. The predicted molar refractivity (Wildman–Crippen MR) is 55.3 cm³/mol. The molecule has 0 unspecified atom stereocenters. The van der Waals surface area contributed by atoms with Crippen molar-refractivity contribution in [3.05, 3.63) is 16.7 Å². The van der Waals surface area contributed by atoms with Crippen LogP contribution in [0.25, 0.3) is 5.65 Å². The van der Waals surface area contributed by atoms with Gasteiger partial charge in [-0.25, -0.2) is 10.2 Å². The number of nitrogens with two attached hydrogens (primary N) is 1. The molecule has 0 saturated carbocycles. The highest BCUT2D eigenvalue weighted by Gasteiger charge is 2.07. The number of aromatic nitrogens is 4. The molecule has 0 bridgehead atoms. The van der Waals surface area contributed by atoms with Crippen molar-refractivity contribution in [1.29, 1.82) is 0 Å². The summed E-state index contributed by atoms with van der Waals surface area (Å²) in [4.78, 5) is 17.7. The van der Waals surface area contributed by atoms with Gasteiger partial charge < -0.3 is 11.2 Å². The van der Waals surface area contributed by atoms with Crippen molar-refractivity contribution in [1.82, 2.24) is 25.0 Å². The average molecular weight is 209 g/mol. The number of nitrogens with zero attached hydrogens (tertiary/aromatic N) is 3. The summed E-state index contributed by atoms with van der Waals surface area (Å²) in [6.07, 6.45) is 1.50. The van der Waals surface area contributed by atoms with Crippen molar-refractivity contribution >= 4 is 17.3 Å². The smallest absolute Gasteiger partial charge is 0.350 e. The Morgan fingerprint density at radius 3 is 3.20 bits per heavy atom. The molecule has 8 heteroatoms. The fourth-order valence-corrected chi connectivity index (χ4v) is 1.17. The number of aromatic amines is 1. The van der Waals surface area contributed by atoms with Crippen LogP contribution in [0.15, 0.2) is 11.0 Å². The van der Waals surface area contributed by atoms with E-state index in [0.717, 1.165) is 11.1 Å². The lowest BCUT2D eigenvalue weighted by Crippen LogP contribution is -2.22. The molecular formula is C7H11N7O. The molecule has 0 spiro atoms. The van der Waals surface area contributed by atoms with E-state index in [9.17, 15) is 4.79 Å². The maximum Gasteiger partial charge on any atom is 0.350 e. The fourth-order valence-electron chi connectivity index (χ4n) is 1.17. The Morgan fingerprint density at radius 1 is 1.67 bits per heavy atom. The van der Waals surface area contributed by atoms with Gasteiger partial charge in [0, 0.05) is 6.54 Å². The highest BCUT2D eigenvalue weighted by molar-refractivity contribution is 5.66. The quantitative estimate of drug-likeness (QED) is 0.479. The second-order valence-corrected chi connectivity index (χ2v) is 2.88. The minimum Gasteiger partial charge on any atom is -0.369 e. The first-order chi connectivity index (χ1) is 7.22. The van der Waals surface area contributed by atoms with Crippen molar-refractivity contribution in [2.45, 2.75) is 6.92 Å². The lowest BCUT2D eigenvalue weighted by Gasteiger charge is -2.02. The Morgan fingerprint density at radius 2 is 2.47 bits per heavy atom. The van der Waals surface area contributed by atoms with Gasteiger partial charge in [0.25, 0.3) is 0 Å². The average Bonchev–Trinajstić information content (AvgIpc) is 2.58. The predicted octanol–water partition coefficient (Wildman–Crippen LogP) is -1.06. The normalized spacial score (nSPS) is 10.7. The summed E-state index contributed by atoms with van der Waals surface area (Å²) in [5.41, 5.74) is 11.8. The SMILES string of the molecule is CCNNc1cnn2c(=O)[nH]c(N)nc12. The van der Waals surface area contributed by atoms with E-state index in [0.29, 0.717) is 11.3 Å². The van der Waals surface area contributed by atoms with Gasteiger partial charge >= 0.3 is 5.69 Å². The third-order valence-electron chi connectivity index (χ3n) is 1.80. The van der Waals surface area contributed by atoms with Gasteiger partial charge in [0.1, 0.15) is 5.69 Å². The van der Waals surface area contributed by atoms with E-state index in [1.54, 1.807) is 0 Å². The zero-order valence-corrected chi connectivity index (χ0v) is 8.11. The molecule has 0 aromatic carbocycles. The van der Waals surface area contributed by atoms with E-state index in [2.05, 4.69) is 25.9 Å². The number of hydrogen-bond acceptors (Lipinski definition) is 6. The first kappa shape index (κ1) is 9.46. The molecule has 0 aliphatic rings. The number of hydrazine groups is 1. The molecule has 8 nitrogen and oxygen atoms in total. The van der Waals surface area contributed by atoms with Gasteiger partial charge in [-0.3, -0.25) is 4.98 Å². The lowest BCUT2D eigenvalue weighted by atomic mass is 10.5. The zero-order chi connectivity index (χ0) is 10.8. The van der Waals surface area contributed by atoms with Gasteiger partial charge in [-0.2, -0.15) is 14.6 Å². The largest absolute Gasteiger partial charge is 0.369 e. The van der Waals surface area contributed by atoms with Crippen LogP contribution in [0.4, 0.5) is 11.6 Å². The van der Waals surface area contributed by atoms with E-state index < -0.39 is 5.69 Å². The Bertz CT molecular complexity index is 528. The molecule has 0 aliphatic carbocycles. The van der Waals surface area contributed by atoms with Crippen LogP contribution in [0.2, 0.25) is 0 Å². The third-order valence-corrected chi connectivity index (χ3v) is 1.80. The summed E-state index contributed by atoms with van der Waals surface area (Å²) < 4.78 is 1.13. The number of H-pyrrole nitrogens is 1. The molecule has 5 N–H and O–H groups in total. The molecule has 2 rings (SSSR count). The highest BCUT2D eigenvalue weighted by atomic mass is 16.1. The summed E-state index contributed by atoms with van der Waals surface area (Å²) in [6.45, 7) is 2.67. The number of hydrogen-bond donors (Lipinski definition) is 4. The van der Waals surface area contributed by atoms with Crippen LogP contribution < -0.4 is 22.3 Å². The molecule has 2 aromatic heterocycles. The Hall–Kier alpha value is -2.09. The number of fused-ring (bicyclic) bond motifs is 1. The van der Waals surface area contributed by atoms with Gasteiger partial charge in [-0.05, 0) is 0 Å². The molecule has 2 aromatic rings. The number of nitrogens with one attached hydrogen (secondary N) is 3. The highest BCUT2D eigenvalue weighted by Crippen LogP contribution is 2.10. The standard InChI is InChI=1S/C7H11N7O/c1-2-9-13-4-3-10-14-5(4)11-6(8)12-7(14)15/h3,9,13H,2H2,1H3,(H3,8,11,12,15). The van der Waals surface area contributed by atoms with Crippen molar-refractivity contribution in [2.75, 3.05) is 17.7 Å². The minimum absolute atomic E-state index is 0.0625. The van der Waals surface area contributed by atoms with Crippen molar-refractivity contribution < 1.29 is 0 Å². The number of rotatable bonds is 3. The second kappa shape index (κ2) is 3.58. The Labute approximate surface area is 84.5 Å². The molecule has 0 aliphatic heterocycles. The van der Waals surface area contributed by atoms with Gasteiger partial charge in [-0.1, -0.05) is 6.92 Å². The summed E-state index contributed by atoms with van der Waals surface area (Å²) in [6, 6.07) is 0. The molecule has 0 amide bonds. The molecule has 0 saturated heterocycles. The molecule has 2 heterocycles. The van der Waals surface area contributed by atoms with Crippen LogP contribution in [-0.4, -0.2) is 26.1 Å². The van der Waals surface area contributed by atoms with E-state index in [-0.39, 0.29) is 5.95 Å². The molecule has 0 atom stereocenters. The first-order valence-electron chi connectivity index (χ1n) is 4.44. The van der Waals surface area contributed by atoms with Gasteiger partial charge in [0.2, 0.25) is 5.95 Å². The van der Waals surface area contributed by atoms with E-state index in [4.69, 9.17) is 5.73 Å². The van der Waals surface area contributed by atoms with Gasteiger partial charge in [0.15, 0.2) is 5.65 Å². The monoisotopic (exact) mass is 209 g/mol. The number of nitrogen functional groups attached to an aromatic ring is 1. The summed E-state index contributed by atoms with van der Waals surface area (Å²) >= 11 is 0. The zero-order valence-electron chi connectivity index (χ0n) is 8.11. The molecule has 0 radical (unpaired) electrons. The van der Waals surface area contributed by atoms with Gasteiger partial charge in [-0.15, -0.1) is 0 Å². The van der Waals surface area contributed by atoms with Gasteiger partial charge in [0.05, 0.1) is 6.20 Å². The lowest BCUT2D eigenvalue weighted by molar-refractivity contribution is 0.841. The minimum atomic E-state index is -0.415. The molecule has 0 fully saturated rings. The van der Waals surface area contributed by atoms with Crippen molar-refractivity contribution in [3.8, 4) is 0 Å². The van der Waals surface area contributed by atoms with E-state index in [1.807, 2.05) is 6.92 Å². The topological polar surface area (TPSA) is 113 Å². The summed E-state index contributed by atoms with van der Waals surface area (Å²) in [5, 5.41) is 3.86. The van der Waals surface area contributed by atoms with Crippen molar-refractivity contribution in [3.63, 3.8) is 0 Å².